The highest BCUT2D eigenvalue weighted by Gasteiger charge is 2.28. The molecule has 0 spiro atoms. The van der Waals surface area contributed by atoms with Gasteiger partial charge in [-0.1, -0.05) is 30.3 Å². The van der Waals surface area contributed by atoms with Gasteiger partial charge < -0.3 is 9.84 Å². The van der Waals surface area contributed by atoms with Gasteiger partial charge in [-0.05, 0) is 31.4 Å². The van der Waals surface area contributed by atoms with Gasteiger partial charge in [0, 0.05) is 6.42 Å². The Morgan fingerprint density at radius 3 is 2.69 bits per heavy atom. The zero-order valence-electron chi connectivity index (χ0n) is 9.65. The molecule has 86 valence electrons. The first-order valence-electron chi connectivity index (χ1n) is 5.78. The van der Waals surface area contributed by atoms with Crippen molar-refractivity contribution in [3.8, 4) is 0 Å². The SMILES string of the molecule is CC(O)(CCc1ccccc1)C1=CCCO1. The van der Waals surface area contributed by atoms with Crippen molar-refractivity contribution in [2.45, 2.75) is 31.8 Å². The quantitative estimate of drug-likeness (QED) is 0.842. The molecule has 0 fully saturated rings. The maximum atomic E-state index is 10.3. The average Bonchev–Trinajstić information content (AvgIpc) is 2.82. The minimum absolute atomic E-state index is 0.697. The van der Waals surface area contributed by atoms with E-state index in [4.69, 9.17) is 4.74 Å². The Labute approximate surface area is 96.6 Å². The van der Waals surface area contributed by atoms with Crippen LogP contribution in [0.5, 0.6) is 0 Å². The summed E-state index contributed by atoms with van der Waals surface area (Å²) in [5.74, 6) is 0.739. The molecule has 0 saturated heterocycles. The molecule has 0 amide bonds. The predicted octanol–water partition coefficient (Wildman–Crippen LogP) is 2.67. The van der Waals surface area contributed by atoms with E-state index in [0.717, 1.165) is 18.6 Å². The van der Waals surface area contributed by atoms with Gasteiger partial charge in [-0.15, -0.1) is 0 Å². The third-order valence-corrected chi connectivity index (χ3v) is 2.98. The molecular formula is C14H18O2. The van der Waals surface area contributed by atoms with Crippen molar-refractivity contribution < 1.29 is 9.84 Å². The first-order chi connectivity index (χ1) is 7.68. The zero-order valence-corrected chi connectivity index (χ0v) is 9.65. The summed E-state index contributed by atoms with van der Waals surface area (Å²) in [6.07, 6.45) is 4.47. The summed E-state index contributed by atoms with van der Waals surface area (Å²) < 4.78 is 5.42. The van der Waals surface area contributed by atoms with Crippen LogP contribution < -0.4 is 0 Å². The van der Waals surface area contributed by atoms with Gasteiger partial charge in [0.15, 0.2) is 0 Å². The fourth-order valence-electron chi connectivity index (χ4n) is 1.95. The van der Waals surface area contributed by atoms with Crippen LogP contribution >= 0.6 is 0 Å². The van der Waals surface area contributed by atoms with Crippen molar-refractivity contribution in [3.05, 3.63) is 47.7 Å². The molecule has 0 aromatic heterocycles. The zero-order chi connectivity index (χ0) is 11.4. The molecule has 0 radical (unpaired) electrons. The third-order valence-electron chi connectivity index (χ3n) is 2.98. The van der Waals surface area contributed by atoms with Crippen molar-refractivity contribution in [1.82, 2.24) is 0 Å². The van der Waals surface area contributed by atoms with Gasteiger partial charge in [-0.3, -0.25) is 0 Å². The van der Waals surface area contributed by atoms with Crippen molar-refractivity contribution in [2.24, 2.45) is 0 Å². The topological polar surface area (TPSA) is 29.5 Å². The minimum Gasteiger partial charge on any atom is -0.495 e. The number of aryl methyl sites for hydroxylation is 1. The van der Waals surface area contributed by atoms with E-state index in [1.807, 2.05) is 31.2 Å². The van der Waals surface area contributed by atoms with Gasteiger partial charge in [0.1, 0.15) is 11.4 Å². The molecule has 2 nitrogen and oxygen atoms in total. The molecule has 0 aliphatic carbocycles. The fraction of sp³-hybridized carbons (Fsp3) is 0.429. The highest BCUT2D eigenvalue weighted by Crippen LogP contribution is 2.27. The van der Waals surface area contributed by atoms with E-state index < -0.39 is 5.60 Å². The van der Waals surface area contributed by atoms with Crippen LogP contribution in [0.15, 0.2) is 42.2 Å². The molecule has 0 bridgehead atoms. The lowest BCUT2D eigenvalue weighted by Gasteiger charge is -2.24. The maximum Gasteiger partial charge on any atom is 0.123 e. The Bertz CT molecular complexity index is 366. The highest BCUT2D eigenvalue weighted by molar-refractivity contribution is 5.17. The largest absolute Gasteiger partial charge is 0.495 e. The van der Waals surface area contributed by atoms with Crippen LogP contribution in [0, 0.1) is 0 Å². The monoisotopic (exact) mass is 218 g/mol. The average molecular weight is 218 g/mol. The molecular weight excluding hydrogens is 200 g/mol. The minimum atomic E-state index is -0.827. The molecule has 1 atom stereocenters. The molecule has 1 unspecified atom stereocenters. The second-order valence-electron chi connectivity index (χ2n) is 4.46. The van der Waals surface area contributed by atoms with Crippen LogP contribution in [0.25, 0.3) is 0 Å². The van der Waals surface area contributed by atoms with E-state index in [9.17, 15) is 5.11 Å². The van der Waals surface area contributed by atoms with Crippen LogP contribution in [0.2, 0.25) is 0 Å². The van der Waals surface area contributed by atoms with Crippen LogP contribution in [0.3, 0.4) is 0 Å². The van der Waals surface area contributed by atoms with Gasteiger partial charge in [-0.25, -0.2) is 0 Å². The third kappa shape index (κ3) is 2.64. The summed E-state index contributed by atoms with van der Waals surface area (Å²) in [5.41, 5.74) is 0.424. The van der Waals surface area contributed by atoms with Crippen LogP contribution in [0.1, 0.15) is 25.3 Å². The summed E-state index contributed by atoms with van der Waals surface area (Å²) in [6, 6.07) is 10.2. The first kappa shape index (κ1) is 11.2. The van der Waals surface area contributed by atoms with Gasteiger partial charge in [0.05, 0.1) is 6.61 Å². The number of aliphatic hydroxyl groups is 1. The summed E-state index contributed by atoms with van der Waals surface area (Å²) in [7, 11) is 0. The summed E-state index contributed by atoms with van der Waals surface area (Å²) >= 11 is 0. The second-order valence-corrected chi connectivity index (χ2v) is 4.46. The summed E-state index contributed by atoms with van der Waals surface area (Å²) in [6.45, 7) is 2.53. The molecule has 1 aliphatic heterocycles. The van der Waals surface area contributed by atoms with Crippen LogP contribution in [0.4, 0.5) is 0 Å². The molecule has 1 N–H and O–H groups in total. The number of ether oxygens (including phenoxy) is 1. The number of benzene rings is 1. The maximum absolute atomic E-state index is 10.3. The molecule has 0 saturated carbocycles. The Kier molecular flexibility index (Phi) is 3.30. The van der Waals surface area contributed by atoms with E-state index in [1.165, 1.54) is 5.56 Å². The van der Waals surface area contributed by atoms with Crippen molar-refractivity contribution >= 4 is 0 Å². The Hall–Kier alpha value is -1.28. The predicted molar refractivity (Wildman–Crippen MR) is 64.0 cm³/mol. The van der Waals surface area contributed by atoms with E-state index in [2.05, 4.69) is 12.1 Å². The molecule has 16 heavy (non-hydrogen) atoms. The Morgan fingerprint density at radius 2 is 2.06 bits per heavy atom. The normalized spacial score (nSPS) is 18.8. The molecule has 1 heterocycles. The van der Waals surface area contributed by atoms with Crippen LogP contribution in [-0.2, 0) is 11.2 Å². The lowest BCUT2D eigenvalue weighted by molar-refractivity contribution is 0.0280. The first-order valence-corrected chi connectivity index (χ1v) is 5.78. The van der Waals surface area contributed by atoms with E-state index in [-0.39, 0.29) is 0 Å². The van der Waals surface area contributed by atoms with E-state index in [0.29, 0.717) is 13.0 Å². The van der Waals surface area contributed by atoms with Gasteiger partial charge in [0.2, 0.25) is 0 Å². The Balaban J connectivity index is 1.94. The molecule has 1 aliphatic rings. The molecule has 2 rings (SSSR count). The Morgan fingerprint density at radius 1 is 1.31 bits per heavy atom. The van der Waals surface area contributed by atoms with E-state index >= 15 is 0 Å². The van der Waals surface area contributed by atoms with Crippen molar-refractivity contribution in [1.29, 1.82) is 0 Å². The smallest absolute Gasteiger partial charge is 0.123 e. The molecule has 1 aromatic rings. The van der Waals surface area contributed by atoms with Crippen LogP contribution in [-0.4, -0.2) is 17.3 Å². The fourth-order valence-corrected chi connectivity index (χ4v) is 1.95. The van der Waals surface area contributed by atoms with E-state index in [1.54, 1.807) is 0 Å². The summed E-state index contributed by atoms with van der Waals surface area (Å²) in [4.78, 5) is 0. The lowest BCUT2D eigenvalue weighted by Crippen LogP contribution is -2.28. The number of hydrogen-bond donors (Lipinski definition) is 1. The number of hydrogen-bond acceptors (Lipinski definition) is 2. The van der Waals surface area contributed by atoms with Gasteiger partial charge in [0.25, 0.3) is 0 Å². The van der Waals surface area contributed by atoms with Crippen molar-refractivity contribution in [3.63, 3.8) is 0 Å². The van der Waals surface area contributed by atoms with Gasteiger partial charge >= 0.3 is 0 Å². The van der Waals surface area contributed by atoms with Crippen molar-refractivity contribution in [2.75, 3.05) is 6.61 Å². The lowest BCUT2D eigenvalue weighted by atomic mass is 9.95. The number of rotatable bonds is 4. The molecule has 1 aromatic carbocycles. The second kappa shape index (κ2) is 4.71. The standard InChI is InChI=1S/C14H18O2/c1-14(15,13-8-5-11-16-13)10-9-12-6-3-2-4-7-12/h2-4,6-8,15H,5,9-11H2,1H3. The van der Waals surface area contributed by atoms with Gasteiger partial charge in [-0.2, -0.15) is 0 Å². The highest BCUT2D eigenvalue weighted by atomic mass is 16.5. The molecule has 2 heteroatoms. The summed E-state index contributed by atoms with van der Waals surface area (Å²) in [5, 5.41) is 10.3.